The number of hydrogen-bond acceptors (Lipinski definition) is 3. The Morgan fingerprint density at radius 1 is 1.39 bits per heavy atom. The zero-order valence-electron chi connectivity index (χ0n) is 10.8. The molecule has 0 bridgehead atoms. The molecule has 4 nitrogen and oxygen atoms in total. The molecule has 0 aliphatic heterocycles. The first kappa shape index (κ1) is 14.9. The van der Waals surface area contributed by atoms with E-state index in [2.05, 4.69) is 10.0 Å². The summed E-state index contributed by atoms with van der Waals surface area (Å²) in [7, 11) is -3.50. The van der Waals surface area contributed by atoms with Gasteiger partial charge in [-0.3, -0.25) is 4.72 Å². The largest absolute Gasteiger partial charge is 0.316 e. The molecule has 1 atom stereocenters. The van der Waals surface area contributed by atoms with E-state index in [1.807, 2.05) is 6.92 Å². The van der Waals surface area contributed by atoms with Gasteiger partial charge in [0.05, 0.1) is 10.9 Å². The van der Waals surface area contributed by atoms with Gasteiger partial charge in [0, 0.05) is 6.54 Å². The summed E-state index contributed by atoms with van der Waals surface area (Å²) < 4.78 is 39.5. The topological polar surface area (TPSA) is 58.2 Å². The summed E-state index contributed by atoms with van der Waals surface area (Å²) in [5, 5.41) is 2.39. The highest BCUT2D eigenvalue weighted by atomic mass is 32.2. The summed E-state index contributed by atoms with van der Waals surface area (Å²) >= 11 is 0. The van der Waals surface area contributed by atoms with Crippen molar-refractivity contribution in [2.45, 2.75) is 26.0 Å². The van der Waals surface area contributed by atoms with Crippen molar-refractivity contribution < 1.29 is 12.8 Å². The number of anilines is 1. The molecule has 1 unspecified atom stereocenters. The molecule has 0 spiro atoms. The Balaban J connectivity index is 2.85. The van der Waals surface area contributed by atoms with Crippen molar-refractivity contribution in [1.29, 1.82) is 0 Å². The Hall–Kier alpha value is -1.14. The zero-order chi connectivity index (χ0) is 13.8. The minimum Gasteiger partial charge on any atom is -0.316 e. The molecule has 1 aromatic rings. The Bertz CT molecular complexity index is 503. The maximum Gasteiger partial charge on any atom is 0.236 e. The lowest BCUT2D eigenvalue weighted by Gasteiger charge is -2.16. The van der Waals surface area contributed by atoms with Crippen LogP contribution in [0.25, 0.3) is 0 Å². The molecule has 0 radical (unpaired) electrons. The van der Waals surface area contributed by atoms with Crippen LogP contribution >= 0.6 is 0 Å². The standard InChI is InChI=1S/C12H19FN2O2S/c1-4-14-8-10(3)18(16,17)15-12-7-11(13)6-5-9(12)2/h5-7,10,14-15H,4,8H2,1-3H3. The van der Waals surface area contributed by atoms with Crippen LogP contribution in [0.2, 0.25) is 0 Å². The van der Waals surface area contributed by atoms with Crippen LogP contribution in [0.1, 0.15) is 19.4 Å². The number of aryl methyl sites for hydroxylation is 1. The summed E-state index contributed by atoms with van der Waals surface area (Å²) in [5.74, 6) is -0.461. The third kappa shape index (κ3) is 3.96. The fraction of sp³-hybridized carbons (Fsp3) is 0.500. The molecule has 0 heterocycles. The van der Waals surface area contributed by atoms with Crippen LogP contribution in [0, 0.1) is 12.7 Å². The predicted molar refractivity (Wildman–Crippen MR) is 71.7 cm³/mol. The molecule has 0 fully saturated rings. The minimum atomic E-state index is -3.50. The van der Waals surface area contributed by atoms with E-state index < -0.39 is 21.1 Å². The second-order valence-electron chi connectivity index (χ2n) is 4.22. The van der Waals surface area contributed by atoms with Crippen LogP contribution in [0.3, 0.4) is 0 Å². The Morgan fingerprint density at radius 3 is 2.67 bits per heavy atom. The van der Waals surface area contributed by atoms with Crippen molar-refractivity contribution >= 4 is 15.7 Å². The molecule has 1 rings (SSSR count). The first-order valence-electron chi connectivity index (χ1n) is 5.85. The van der Waals surface area contributed by atoms with Crippen LogP contribution in [0.5, 0.6) is 0 Å². The summed E-state index contributed by atoms with van der Waals surface area (Å²) in [6.07, 6.45) is 0. The highest BCUT2D eigenvalue weighted by molar-refractivity contribution is 7.93. The highest BCUT2D eigenvalue weighted by Crippen LogP contribution is 2.18. The van der Waals surface area contributed by atoms with Gasteiger partial charge >= 0.3 is 0 Å². The number of rotatable bonds is 6. The molecule has 18 heavy (non-hydrogen) atoms. The van der Waals surface area contributed by atoms with Crippen molar-refractivity contribution in [2.24, 2.45) is 0 Å². The van der Waals surface area contributed by atoms with E-state index in [1.165, 1.54) is 12.1 Å². The van der Waals surface area contributed by atoms with E-state index in [4.69, 9.17) is 0 Å². The molecule has 0 aliphatic carbocycles. The van der Waals surface area contributed by atoms with Crippen molar-refractivity contribution in [3.05, 3.63) is 29.6 Å². The maximum absolute atomic E-state index is 13.1. The summed E-state index contributed by atoms with van der Waals surface area (Å²) in [4.78, 5) is 0. The lowest BCUT2D eigenvalue weighted by atomic mass is 10.2. The van der Waals surface area contributed by atoms with E-state index in [-0.39, 0.29) is 0 Å². The molecule has 1 aromatic carbocycles. The van der Waals surface area contributed by atoms with Gasteiger partial charge in [0.25, 0.3) is 0 Å². The van der Waals surface area contributed by atoms with Gasteiger partial charge < -0.3 is 5.32 Å². The monoisotopic (exact) mass is 274 g/mol. The van der Waals surface area contributed by atoms with Gasteiger partial charge in [0.15, 0.2) is 0 Å². The molecular weight excluding hydrogens is 255 g/mol. The lowest BCUT2D eigenvalue weighted by molar-refractivity contribution is 0.579. The average Bonchev–Trinajstić information content (AvgIpc) is 2.30. The van der Waals surface area contributed by atoms with Gasteiger partial charge in [-0.05, 0) is 38.1 Å². The van der Waals surface area contributed by atoms with E-state index in [0.29, 0.717) is 24.3 Å². The maximum atomic E-state index is 13.1. The zero-order valence-corrected chi connectivity index (χ0v) is 11.6. The summed E-state index contributed by atoms with van der Waals surface area (Å²) in [6, 6.07) is 4.03. The van der Waals surface area contributed by atoms with Gasteiger partial charge in [0.1, 0.15) is 5.82 Å². The predicted octanol–water partition coefficient (Wildman–Crippen LogP) is 1.87. The second-order valence-corrected chi connectivity index (χ2v) is 6.32. The minimum absolute atomic E-state index is 0.290. The van der Waals surface area contributed by atoms with Gasteiger partial charge in [-0.25, -0.2) is 12.8 Å². The van der Waals surface area contributed by atoms with Crippen LogP contribution in [-0.4, -0.2) is 26.8 Å². The van der Waals surface area contributed by atoms with E-state index >= 15 is 0 Å². The molecule has 2 N–H and O–H groups in total. The quantitative estimate of drug-likeness (QED) is 0.832. The van der Waals surface area contributed by atoms with E-state index in [9.17, 15) is 12.8 Å². The number of halogens is 1. The van der Waals surface area contributed by atoms with Gasteiger partial charge in [0.2, 0.25) is 10.0 Å². The molecule has 0 amide bonds. The fourth-order valence-corrected chi connectivity index (χ4v) is 2.48. The van der Waals surface area contributed by atoms with Crippen molar-refractivity contribution in [3.8, 4) is 0 Å². The molecule has 0 saturated heterocycles. The van der Waals surface area contributed by atoms with E-state index in [0.717, 1.165) is 0 Å². The molecule has 102 valence electrons. The normalized spacial score (nSPS) is 13.3. The lowest BCUT2D eigenvalue weighted by Crippen LogP contribution is -2.34. The summed E-state index contributed by atoms with van der Waals surface area (Å²) in [6.45, 7) is 6.31. The van der Waals surface area contributed by atoms with Gasteiger partial charge in [-0.15, -0.1) is 0 Å². The first-order valence-corrected chi connectivity index (χ1v) is 7.40. The van der Waals surface area contributed by atoms with Crippen molar-refractivity contribution in [3.63, 3.8) is 0 Å². The van der Waals surface area contributed by atoms with E-state index in [1.54, 1.807) is 19.9 Å². The van der Waals surface area contributed by atoms with Crippen LogP contribution < -0.4 is 10.0 Å². The second kappa shape index (κ2) is 6.15. The number of nitrogens with one attached hydrogen (secondary N) is 2. The van der Waals surface area contributed by atoms with Crippen LogP contribution in [0.15, 0.2) is 18.2 Å². The molecule has 0 aromatic heterocycles. The van der Waals surface area contributed by atoms with Crippen LogP contribution in [0.4, 0.5) is 10.1 Å². The Kier molecular flexibility index (Phi) is 5.10. The number of benzene rings is 1. The van der Waals surface area contributed by atoms with Crippen molar-refractivity contribution in [1.82, 2.24) is 5.32 Å². The van der Waals surface area contributed by atoms with Gasteiger partial charge in [-0.1, -0.05) is 13.0 Å². The molecule has 0 aliphatic rings. The Morgan fingerprint density at radius 2 is 2.06 bits per heavy atom. The SMILES string of the molecule is CCNCC(C)S(=O)(=O)Nc1cc(F)ccc1C. The number of sulfonamides is 1. The number of hydrogen-bond donors (Lipinski definition) is 2. The first-order chi connectivity index (χ1) is 8.36. The third-order valence-corrected chi connectivity index (χ3v) is 4.39. The third-order valence-electron chi connectivity index (χ3n) is 2.66. The smallest absolute Gasteiger partial charge is 0.236 e. The van der Waals surface area contributed by atoms with Crippen LogP contribution in [-0.2, 0) is 10.0 Å². The molecular formula is C12H19FN2O2S. The van der Waals surface area contributed by atoms with Gasteiger partial charge in [-0.2, -0.15) is 0 Å². The average molecular weight is 274 g/mol. The molecule has 0 saturated carbocycles. The highest BCUT2D eigenvalue weighted by Gasteiger charge is 2.20. The summed E-state index contributed by atoms with van der Waals surface area (Å²) in [5.41, 5.74) is 0.981. The Labute approximate surface area is 108 Å². The fourth-order valence-electron chi connectivity index (χ4n) is 1.42. The molecule has 6 heteroatoms. The van der Waals surface area contributed by atoms with Crippen molar-refractivity contribution in [2.75, 3.05) is 17.8 Å².